The van der Waals surface area contributed by atoms with E-state index in [2.05, 4.69) is 22.4 Å². The molecule has 0 radical (unpaired) electrons. The quantitative estimate of drug-likeness (QED) is 0.508. The maximum absolute atomic E-state index is 13.1. The second kappa shape index (κ2) is 9.65. The summed E-state index contributed by atoms with van der Waals surface area (Å²) in [5, 5.41) is 22.9. The number of aryl methyl sites for hydroxylation is 2. The Kier molecular flexibility index (Phi) is 6.98. The summed E-state index contributed by atoms with van der Waals surface area (Å²) in [7, 11) is 0. The first-order chi connectivity index (χ1) is 14.1. The number of amides is 1. The third-order valence-corrected chi connectivity index (χ3v) is 5.66. The average molecular weight is 415 g/mol. The second-order valence-electron chi connectivity index (χ2n) is 6.96. The highest BCUT2D eigenvalue weighted by Gasteiger charge is 2.23. The van der Waals surface area contributed by atoms with Gasteiger partial charge in [0.25, 0.3) is 11.5 Å². The molecule has 1 amide bonds. The number of fused-ring (bicyclic) bond motifs is 1. The molecule has 0 aliphatic rings. The summed E-state index contributed by atoms with van der Waals surface area (Å²) < 4.78 is 1.59. The molecule has 29 heavy (non-hydrogen) atoms. The Morgan fingerprint density at radius 2 is 1.93 bits per heavy atom. The van der Waals surface area contributed by atoms with Gasteiger partial charge in [0, 0.05) is 18.4 Å². The number of carbonyl (C=O) groups excluding carboxylic acids is 1. The molecule has 1 aromatic carbocycles. The number of hydrogen-bond acceptors (Lipinski definition) is 6. The number of carbonyl (C=O) groups is 1. The van der Waals surface area contributed by atoms with Gasteiger partial charge in [0.15, 0.2) is 0 Å². The van der Waals surface area contributed by atoms with Crippen molar-refractivity contribution >= 4 is 33.3 Å². The smallest absolute Gasteiger partial charge is 0.267 e. The molecule has 0 saturated carbocycles. The number of nitrogens with zero attached hydrogens (tertiary/aromatic N) is 3. The molecule has 0 fully saturated rings. The van der Waals surface area contributed by atoms with E-state index in [1.807, 2.05) is 13.0 Å². The summed E-state index contributed by atoms with van der Waals surface area (Å²) in [6.07, 6.45) is 5.73. The van der Waals surface area contributed by atoms with E-state index in [0.29, 0.717) is 22.6 Å². The molecular weight excluding hydrogens is 388 g/mol. The van der Waals surface area contributed by atoms with E-state index in [1.165, 1.54) is 11.3 Å². The zero-order valence-corrected chi connectivity index (χ0v) is 17.6. The van der Waals surface area contributed by atoms with E-state index in [9.17, 15) is 14.7 Å². The summed E-state index contributed by atoms with van der Waals surface area (Å²) in [5.74, 6) is -0.967. The number of benzene rings is 1. The van der Waals surface area contributed by atoms with Crippen LogP contribution in [0.15, 0.2) is 29.1 Å². The fourth-order valence-corrected chi connectivity index (χ4v) is 4.13. The van der Waals surface area contributed by atoms with E-state index < -0.39 is 11.5 Å². The van der Waals surface area contributed by atoms with E-state index in [1.54, 1.807) is 22.8 Å². The average Bonchev–Trinajstić information content (AvgIpc) is 3.14. The fraction of sp³-hybridized carbons (Fsp3) is 0.429. The Bertz CT molecular complexity index is 1060. The van der Waals surface area contributed by atoms with Crippen LogP contribution in [-0.2, 0) is 13.0 Å². The molecule has 0 aliphatic carbocycles. The third kappa shape index (κ3) is 4.64. The van der Waals surface area contributed by atoms with Gasteiger partial charge in [-0.3, -0.25) is 14.9 Å². The van der Waals surface area contributed by atoms with Gasteiger partial charge in [0.1, 0.15) is 16.3 Å². The normalized spacial score (nSPS) is 11.1. The van der Waals surface area contributed by atoms with Crippen molar-refractivity contribution in [1.29, 1.82) is 0 Å². The van der Waals surface area contributed by atoms with E-state index in [4.69, 9.17) is 0 Å². The van der Waals surface area contributed by atoms with Crippen LogP contribution in [0.4, 0.5) is 5.13 Å². The molecule has 2 heterocycles. The topological polar surface area (TPSA) is 97.1 Å². The van der Waals surface area contributed by atoms with Crippen molar-refractivity contribution in [2.24, 2.45) is 0 Å². The van der Waals surface area contributed by atoms with Crippen LogP contribution >= 0.6 is 11.3 Å². The van der Waals surface area contributed by atoms with E-state index in [-0.39, 0.29) is 11.3 Å². The van der Waals surface area contributed by atoms with Crippen LogP contribution in [0, 0.1) is 0 Å². The minimum absolute atomic E-state index is 0.258. The number of nitrogens with one attached hydrogen (secondary N) is 1. The molecule has 3 rings (SSSR count). The van der Waals surface area contributed by atoms with Crippen LogP contribution in [0.3, 0.4) is 0 Å². The lowest BCUT2D eigenvalue weighted by molar-refractivity contribution is 0.102. The predicted molar refractivity (Wildman–Crippen MR) is 116 cm³/mol. The van der Waals surface area contributed by atoms with Gasteiger partial charge in [-0.25, -0.2) is 0 Å². The van der Waals surface area contributed by atoms with Gasteiger partial charge in [0.05, 0.1) is 5.52 Å². The zero-order valence-electron chi connectivity index (χ0n) is 16.8. The Balaban J connectivity index is 1.97. The van der Waals surface area contributed by atoms with Crippen LogP contribution in [-0.4, -0.2) is 25.8 Å². The largest absolute Gasteiger partial charge is 0.506 e. The molecule has 0 bridgehead atoms. The van der Waals surface area contributed by atoms with Gasteiger partial charge in [-0.15, -0.1) is 10.2 Å². The van der Waals surface area contributed by atoms with Crippen molar-refractivity contribution in [2.45, 2.75) is 58.9 Å². The van der Waals surface area contributed by atoms with Crippen LogP contribution in [0.1, 0.15) is 61.3 Å². The van der Waals surface area contributed by atoms with Gasteiger partial charge in [-0.1, -0.05) is 56.6 Å². The summed E-state index contributed by atoms with van der Waals surface area (Å²) in [4.78, 5) is 26.0. The summed E-state index contributed by atoms with van der Waals surface area (Å²) in [5.41, 5.74) is -0.121. The van der Waals surface area contributed by atoms with Crippen LogP contribution < -0.4 is 10.9 Å². The Morgan fingerprint density at radius 3 is 2.69 bits per heavy atom. The summed E-state index contributed by atoms with van der Waals surface area (Å²) in [6, 6.07) is 7.10. The first kappa shape index (κ1) is 21.0. The number of anilines is 1. The standard InChI is InChI=1S/C21H26N4O3S/c1-3-5-6-9-13-25-15-12-8-7-11-14(15)18(26)17(20(25)28)19(27)22-21-24-23-16(29-21)10-4-2/h7-8,11-12,26H,3-6,9-10,13H2,1-2H3,(H,22,24,27). The fourth-order valence-electron chi connectivity index (χ4n) is 3.29. The van der Waals surface area contributed by atoms with Crippen molar-refractivity contribution in [2.75, 3.05) is 5.32 Å². The first-order valence-corrected chi connectivity index (χ1v) is 10.9. The maximum atomic E-state index is 13.1. The molecule has 0 spiro atoms. The lowest BCUT2D eigenvalue weighted by Crippen LogP contribution is -2.30. The van der Waals surface area contributed by atoms with Crippen molar-refractivity contribution in [3.8, 4) is 5.75 Å². The number of rotatable bonds is 9. The zero-order chi connectivity index (χ0) is 20.8. The molecule has 0 aliphatic heterocycles. The molecule has 0 saturated heterocycles. The first-order valence-electron chi connectivity index (χ1n) is 10.0. The predicted octanol–water partition coefficient (Wildman–Crippen LogP) is 4.34. The van der Waals surface area contributed by atoms with Crippen LogP contribution in [0.5, 0.6) is 5.75 Å². The van der Waals surface area contributed by atoms with Gasteiger partial charge in [-0.2, -0.15) is 0 Å². The van der Waals surface area contributed by atoms with E-state index >= 15 is 0 Å². The van der Waals surface area contributed by atoms with Crippen molar-refractivity contribution < 1.29 is 9.90 Å². The SMILES string of the molecule is CCCCCCn1c(=O)c(C(=O)Nc2nnc(CCC)s2)c(O)c2ccccc21. The summed E-state index contributed by atoms with van der Waals surface area (Å²) >= 11 is 1.27. The minimum atomic E-state index is -0.667. The highest BCUT2D eigenvalue weighted by atomic mass is 32.1. The number of hydrogen-bond donors (Lipinski definition) is 2. The highest BCUT2D eigenvalue weighted by molar-refractivity contribution is 7.15. The number of aromatic nitrogens is 3. The van der Waals surface area contributed by atoms with Gasteiger partial charge in [0.2, 0.25) is 5.13 Å². The molecule has 3 aromatic rings. The van der Waals surface area contributed by atoms with E-state index in [0.717, 1.165) is 43.5 Å². The van der Waals surface area contributed by atoms with Crippen molar-refractivity contribution in [3.05, 3.63) is 45.2 Å². The van der Waals surface area contributed by atoms with Gasteiger partial charge < -0.3 is 9.67 Å². The molecular formula is C21H26N4O3S. The monoisotopic (exact) mass is 414 g/mol. The second-order valence-corrected chi connectivity index (χ2v) is 8.03. The number of aromatic hydroxyl groups is 1. The number of pyridine rings is 1. The Labute approximate surface area is 173 Å². The van der Waals surface area contributed by atoms with Crippen LogP contribution in [0.25, 0.3) is 10.9 Å². The molecule has 7 nitrogen and oxygen atoms in total. The molecule has 2 aromatic heterocycles. The van der Waals surface area contributed by atoms with Crippen molar-refractivity contribution in [3.63, 3.8) is 0 Å². The third-order valence-electron chi connectivity index (χ3n) is 4.76. The molecule has 0 unspecified atom stereocenters. The maximum Gasteiger partial charge on any atom is 0.267 e. The lowest BCUT2D eigenvalue weighted by Gasteiger charge is -2.14. The molecule has 8 heteroatoms. The highest BCUT2D eigenvalue weighted by Crippen LogP contribution is 2.27. The van der Waals surface area contributed by atoms with Gasteiger partial charge >= 0.3 is 0 Å². The Hall–Kier alpha value is -2.74. The molecule has 2 N–H and O–H groups in total. The number of unbranched alkanes of at least 4 members (excludes halogenated alkanes) is 3. The van der Waals surface area contributed by atoms with Gasteiger partial charge in [-0.05, 0) is 25.0 Å². The summed E-state index contributed by atoms with van der Waals surface area (Å²) in [6.45, 7) is 4.67. The number of para-hydroxylation sites is 1. The van der Waals surface area contributed by atoms with Crippen molar-refractivity contribution in [1.82, 2.24) is 14.8 Å². The van der Waals surface area contributed by atoms with Crippen LogP contribution in [0.2, 0.25) is 0 Å². The lowest BCUT2D eigenvalue weighted by atomic mass is 10.1. The Morgan fingerprint density at radius 1 is 1.14 bits per heavy atom. The molecule has 154 valence electrons. The minimum Gasteiger partial charge on any atom is -0.506 e. The molecule has 0 atom stereocenters.